The number of nitrogens with one attached hydrogen (secondary N) is 1. The Kier molecular flexibility index (Phi) is 5.94. The van der Waals surface area contributed by atoms with Crippen molar-refractivity contribution in [3.8, 4) is 0 Å². The number of ether oxygens (including phenoxy) is 1. The summed E-state index contributed by atoms with van der Waals surface area (Å²) in [5.74, 6) is -0.651. The fraction of sp³-hybridized carbons (Fsp3) is 0.417. The van der Waals surface area contributed by atoms with Gasteiger partial charge in [0, 0.05) is 12.6 Å². The maximum atomic E-state index is 12.2. The van der Waals surface area contributed by atoms with E-state index in [1.165, 1.54) is 19.2 Å². The third-order valence-electron chi connectivity index (χ3n) is 2.56. The second kappa shape index (κ2) is 7.03. The Bertz CT molecular complexity index is 588. The van der Waals surface area contributed by atoms with Gasteiger partial charge in [-0.15, -0.1) is 0 Å². The van der Waals surface area contributed by atoms with E-state index in [1.807, 2.05) is 0 Å². The summed E-state index contributed by atoms with van der Waals surface area (Å²) in [6.07, 6.45) is 0.271. The molecule has 0 radical (unpaired) electrons. The number of carbonyl (C=O) groups is 1. The van der Waals surface area contributed by atoms with Crippen LogP contribution in [0.1, 0.15) is 23.7 Å². The molecule has 0 bridgehead atoms. The largest absolute Gasteiger partial charge is 0.465 e. The number of aliphatic hydroxyl groups is 1. The van der Waals surface area contributed by atoms with Gasteiger partial charge in [0.1, 0.15) is 4.90 Å². The third-order valence-corrected chi connectivity index (χ3v) is 4.63. The van der Waals surface area contributed by atoms with Crippen LogP contribution in [-0.2, 0) is 14.8 Å². The van der Waals surface area contributed by atoms with E-state index in [2.05, 4.69) is 9.46 Å². The smallest absolute Gasteiger partial charge is 0.337 e. The minimum absolute atomic E-state index is 0.00125. The van der Waals surface area contributed by atoms with Gasteiger partial charge in [-0.05, 0) is 31.5 Å². The predicted octanol–water partition coefficient (Wildman–Crippen LogP) is 1.18. The first kappa shape index (κ1) is 16.9. The maximum absolute atomic E-state index is 12.2. The second-order valence-corrected chi connectivity index (χ2v) is 6.26. The highest BCUT2D eigenvalue weighted by Crippen LogP contribution is 2.23. The van der Waals surface area contributed by atoms with Crippen molar-refractivity contribution >= 4 is 27.6 Å². The molecule has 0 amide bonds. The van der Waals surface area contributed by atoms with Gasteiger partial charge in [-0.3, -0.25) is 0 Å². The van der Waals surface area contributed by atoms with Gasteiger partial charge in [0.15, 0.2) is 0 Å². The molecule has 0 saturated heterocycles. The molecule has 0 aliphatic heterocycles. The Morgan fingerprint density at radius 1 is 1.50 bits per heavy atom. The number of aliphatic hydroxyl groups excluding tert-OH is 1. The van der Waals surface area contributed by atoms with Gasteiger partial charge in [-0.25, -0.2) is 17.9 Å². The number of carbonyl (C=O) groups excluding carboxylic acids is 1. The van der Waals surface area contributed by atoms with E-state index in [9.17, 15) is 13.2 Å². The highest BCUT2D eigenvalue weighted by molar-refractivity contribution is 7.89. The summed E-state index contributed by atoms with van der Waals surface area (Å²) in [5, 5.41) is 8.79. The van der Waals surface area contributed by atoms with E-state index < -0.39 is 22.0 Å². The van der Waals surface area contributed by atoms with Crippen molar-refractivity contribution in [3.63, 3.8) is 0 Å². The van der Waals surface area contributed by atoms with Crippen molar-refractivity contribution in [1.82, 2.24) is 4.72 Å². The number of halogens is 1. The predicted molar refractivity (Wildman–Crippen MR) is 74.3 cm³/mol. The molecule has 1 rings (SSSR count). The molecule has 1 atom stereocenters. The summed E-state index contributed by atoms with van der Waals surface area (Å²) < 4.78 is 31.3. The number of benzene rings is 1. The molecule has 112 valence electrons. The number of hydrogen-bond donors (Lipinski definition) is 2. The molecule has 1 aromatic rings. The average molecular weight is 322 g/mol. The summed E-state index contributed by atoms with van der Waals surface area (Å²) in [6.45, 7) is 1.48. The van der Waals surface area contributed by atoms with E-state index in [1.54, 1.807) is 6.92 Å². The zero-order chi connectivity index (χ0) is 15.3. The van der Waals surface area contributed by atoms with E-state index in [-0.39, 0.29) is 28.5 Å². The van der Waals surface area contributed by atoms with Crippen molar-refractivity contribution < 1.29 is 23.1 Å². The molecular weight excluding hydrogens is 306 g/mol. The molecule has 0 aliphatic carbocycles. The highest BCUT2D eigenvalue weighted by atomic mass is 35.5. The van der Waals surface area contributed by atoms with Crippen LogP contribution in [0.3, 0.4) is 0 Å². The first-order valence-electron chi connectivity index (χ1n) is 5.83. The Hall–Kier alpha value is -1.15. The summed E-state index contributed by atoms with van der Waals surface area (Å²) in [5.41, 5.74) is 0.0899. The number of sulfonamides is 1. The molecule has 2 N–H and O–H groups in total. The second-order valence-electron chi connectivity index (χ2n) is 4.17. The first-order chi connectivity index (χ1) is 9.31. The van der Waals surface area contributed by atoms with Crippen LogP contribution in [0.15, 0.2) is 23.1 Å². The lowest BCUT2D eigenvalue weighted by Gasteiger charge is -2.14. The minimum atomic E-state index is -3.88. The van der Waals surface area contributed by atoms with Gasteiger partial charge in [-0.1, -0.05) is 11.6 Å². The first-order valence-corrected chi connectivity index (χ1v) is 7.69. The fourth-order valence-corrected chi connectivity index (χ4v) is 3.34. The fourth-order valence-electron chi connectivity index (χ4n) is 1.54. The molecule has 0 fully saturated rings. The highest BCUT2D eigenvalue weighted by Gasteiger charge is 2.22. The van der Waals surface area contributed by atoms with Crippen molar-refractivity contribution in [3.05, 3.63) is 28.8 Å². The zero-order valence-electron chi connectivity index (χ0n) is 11.1. The van der Waals surface area contributed by atoms with Crippen LogP contribution in [0.2, 0.25) is 5.02 Å². The van der Waals surface area contributed by atoms with Crippen LogP contribution in [-0.4, -0.2) is 39.3 Å². The van der Waals surface area contributed by atoms with Crippen LogP contribution in [0.25, 0.3) is 0 Å². The van der Waals surface area contributed by atoms with Gasteiger partial charge >= 0.3 is 5.97 Å². The standard InChI is InChI=1S/C12H16ClNO5S/c1-8(5-6-15)14-20(17,18)11-7-9(12(16)19-2)3-4-10(11)13/h3-4,7-8,14-15H,5-6H2,1-2H3. The zero-order valence-corrected chi connectivity index (χ0v) is 12.7. The lowest BCUT2D eigenvalue weighted by molar-refractivity contribution is 0.0600. The van der Waals surface area contributed by atoms with Crippen LogP contribution < -0.4 is 4.72 Å². The van der Waals surface area contributed by atoms with Crippen molar-refractivity contribution in [1.29, 1.82) is 0 Å². The third kappa shape index (κ3) is 4.17. The molecular formula is C12H16ClNO5S. The van der Waals surface area contributed by atoms with E-state index in [0.29, 0.717) is 0 Å². The minimum Gasteiger partial charge on any atom is -0.465 e. The topological polar surface area (TPSA) is 92.7 Å². The molecule has 1 aromatic carbocycles. The van der Waals surface area contributed by atoms with Gasteiger partial charge in [0.05, 0.1) is 17.7 Å². The van der Waals surface area contributed by atoms with Crippen molar-refractivity contribution in [2.24, 2.45) is 0 Å². The van der Waals surface area contributed by atoms with E-state index in [0.717, 1.165) is 6.07 Å². The van der Waals surface area contributed by atoms with Crippen molar-refractivity contribution in [2.75, 3.05) is 13.7 Å². The van der Waals surface area contributed by atoms with Gasteiger partial charge in [0.2, 0.25) is 10.0 Å². The molecule has 0 spiro atoms. The van der Waals surface area contributed by atoms with Crippen LogP contribution in [0.4, 0.5) is 0 Å². The molecule has 1 unspecified atom stereocenters. The molecule has 0 aromatic heterocycles. The quantitative estimate of drug-likeness (QED) is 0.767. The summed E-state index contributed by atoms with van der Waals surface area (Å²) in [6, 6.07) is 3.40. The Morgan fingerprint density at radius 3 is 2.70 bits per heavy atom. The molecule has 20 heavy (non-hydrogen) atoms. The van der Waals surface area contributed by atoms with Gasteiger partial charge in [0.25, 0.3) is 0 Å². The lowest BCUT2D eigenvalue weighted by Crippen LogP contribution is -2.33. The normalized spacial score (nSPS) is 13.0. The van der Waals surface area contributed by atoms with E-state index >= 15 is 0 Å². The van der Waals surface area contributed by atoms with Gasteiger partial charge < -0.3 is 9.84 Å². The lowest BCUT2D eigenvalue weighted by atomic mass is 10.2. The van der Waals surface area contributed by atoms with Crippen molar-refractivity contribution in [2.45, 2.75) is 24.3 Å². The van der Waals surface area contributed by atoms with E-state index in [4.69, 9.17) is 16.7 Å². The Balaban J connectivity index is 3.14. The summed E-state index contributed by atoms with van der Waals surface area (Å²) in [4.78, 5) is 11.2. The number of hydrogen-bond acceptors (Lipinski definition) is 5. The average Bonchev–Trinajstić information content (AvgIpc) is 2.37. The molecule has 8 heteroatoms. The molecule has 0 heterocycles. The molecule has 0 saturated carbocycles. The summed E-state index contributed by atoms with van der Waals surface area (Å²) in [7, 11) is -2.68. The summed E-state index contributed by atoms with van der Waals surface area (Å²) >= 11 is 5.87. The monoisotopic (exact) mass is 321 g/mol. The van der Waals surface area contributed by atoms with Crippen LogP contribution in [0.5, 0.6) is 0 Å². The molecule has 6 nitrogen and oxygen atoms in total. The van der Waals surface area contributed by atoms with Crippen LogP contribution >= 0.6 is 11.6 Å². The number of rotatable bonds is 6. The SMILES string of the molecule is COC(=O)c1ccc(Cl)c(S(=O)(=O)NC(C)CCO)c1. The maximum Gasteiger partial charge on any atom is 0.337 e. The Labute approximate surface area is 122 Å². The van der Waals surface area contributed by atoms with Crippen LogP contribution in [0, 0.1) is 0 Å². The molecule has 0 aliphatic rings. The van der Waals surface area contributed by atoms with Gasteiger partial charge in [-0.2, -0.15) is 0 Å². The Morgan fingerprint density at radius 2 is 2.15 bits per heavy atom. The number of esters is 1. The number of methoxy groups -OCH3 is 1.